The highest BCUT2D eigenvalue weighted by Crippen LogP contribution is 2.43. The second-order valence-electron chi connectivity index (χ2n) is 4.94. The van der Waals surface area contributed by atoms with Gasteiger partial charge in [0.05, 0.1) is 18.8 Å². The van der Waals surface area contributed by atoms with Crippen molar-refractivity contribution in [2.75, 3.05) is 26.2 Å². The van der Waals surface area contributed by atoms with Gasteiger partial charge in [0.15, 0.2) is 0 Å². The second kappa shape index (κ2) is 4.64. The number of carbonyl (C=O) groups is 1. The Kier molecular flexibility index (Phi) is 3.13. The largest absolute Gasteiger partial charge is 0.370 e. The van der Waals surface area contributed by atoms with E-state index in [-0.39, 0.29) is 18.1 Å². The molecule has 1 amide bonds. The van der Waals surface area contributed by atoms with Gasteiger partial charge in [-0.25, -0.2) is 0 Å². The van der Waals surface area contributed by atoms with Crippen molar-refractivity contribution in [1.82, 2.24) is 4.90 Å². The zero-order valence-electron chi connectivity index (χ0n) is 10.4. The molecule has 1 fully saturated rings. The van der Waals surface area contributed by atoms with Crippen molar-refractivity contribution in [2.45, 2.75) is 24.9 Å². The number of rotatable bonds is 1. The van der Waals surface area contributed by atoms with E-state index < -0.39 is 0 Å². The van der Waals surface area contributed by atoms with Crippen molar-refractivity contribution in [3.63, 3.8) is 0 Å². The van der Waals surface area contributed by atoms with Crippen LogP contribution >= 0.6 is 11.3 Å². The van der Waals surface area contributed by atoms with Gasteiger partial charge < -0.3 is 15.4 Å². The lowest BCUT2D eigenvalue weighted by Crippen LogP contribution is -2.49. The van der Waals surface area contributed by atoms with E-state index in [0.29, 0.717) is 0 Å². The average Bonchev–Trinajstić information content (AvgIpc) is 2.89. The summed E-state index contributed by atoms with van der Waals surface area (Å²) >= 11 is 1.82. The molecule has 0 saturated carbocycles. The standard InChI is InChI=1S/C13H18N2O2S/c14-9-12(16)15-5-3-13(4-6-15)10-2-8-18-11(10)1-7-17-13/h2,8H,1,3-7,9,14H2. The molecule has 4 nitrogen and oxygen atoms in total. The van der Waals surface area contributed by atoms with Crippen LogP contribution in [-0.2, 0) is 21.6 Å². The van der Waals surface area contributed by atoms with Crippen LogP contribution in [0.15, 0.2) is 11.4 Å². The highest BCUT2D eigenvalue weighted by Gasteiger charge is 2.41. The molecule has 0 aromatic carbocycles. The monoisotopic (exact) mass is 266 g/mol. The third-order valence-corrected chi connectivity index (χ3v) is 5.02. The molecule has 3 rings (SSSR count). The number of piperidine rings is 1. The number of hydrogen-bond donors (Lipinski definition) is 1. The Morgan fingerprint density at radius 2 is 2.28 bits per heavy atom. The molecule has 1 spiro atoms. The summed E-state index contributed by atoms with van der Waals surface area (Å²) in [6, 6.07) is 2.19. The summed E-state index contributed by atoms with van der Waals surface area (Å²) < 4.78 is 6.09. The van der Waals surface area contributed by atoms with Crippen LogP contribution in [0, 0.1) is 0 Å². The van der Waals surface area contributed by atoms with E-state index in [1.165, 1.54) is 10.4 Å². The minimum Gasteiger partial charge on any atom is -0.370 e. The Hall–Kier alpha value is -0.910. The van der Waals surface area contributed by atoms with Crippen molar-refractivity contribution >= 4 is 17.2 Å². The number of thiophene rings is 1. The van der Waals surface area contributed by atoms with E-state index in [2.05, 4.69) is 11.4 Å². The van der Waals surface area contributed by atoms with Crippen LogP contribution in [0.4, 0.5) is 0 Å². The summed E-state index contributed by atoms with van der Waals surface area (Å²) in [5.41, 5.74) is 6.63. The van der Waals surface area contributed by atoms with Crippen molar-refractivity contribution in [3.8, 4) is 0 Å². The first-order chi connectivity index (χ1) is 8.75. The van der Waals surface area contributed by atoms with Crippen LogP contribution in [0.5, 0.6) is 0 Å². The molecule has 1 saturated heterocycles. The number of carbonyl (C=O) groups excluding carboxylic acids is 1. The lowest BCUT2D eigenvalue weighted by atomic mass is 9.82. The summed E-state index contributed by atoms with van der Waals surface area (Å²) in [7, 11) is 0. The van der Waals surface area contributed by atoms with E-state index in [1.807, 2.05) is 16.2 Å². The maximum atomic E-state index is 11.6. The second-order valence-corrected chi connectivity index (χ2v) is 5.94. The van der Waals surface area contributed by atoms with Gasteiger partial charge in [0, 0.05) is 24.4 Å². The van der Waals surface area contributed by atoms with Crippen LogP contribution in [0.2, 0.25) is 0 Å². The Balaban J connectivity index is 1.78. The lowest BCUT2D eigenvalue weighted by Gasteiger charge is -2.44. The zero-order chi connectivity index (χ0) is 12.6. The molecule has 18 heavy (non-hydrogen) atoms. The Morgan fingerprint density at radius 3 is 3.00 bits per heavy atom. The van der Waals surface area contributed by atoms with E-state index in [1.54, 1.807) is 0 Å². The fourth-order valence-electron chi connectivity index (χ4n) is 3.02. The molecular formula is C13H18N2O2S. The Bertz CT molecular complexity index is 450. The number of fused-ring (bicyclic) bond motifs is 2. The molecule has 2 N–H and O–H groups in total. The first-order valence-electron chi connectivity index (χ1n) is 6.44. The normalized spacial score (nSPS) is 21.9. The summed E-state index contributed by atoms with van der Waals surface area (Å²) in [5, 5.41) is 2.15. The number of hydrogen-bond acceptors (Lipinski definition) is 4. The van der Waals surface area contributed by atoms with E-state index in [4.69, 9.17) is 10.5 Å². The highest BCUT2D eigenvalue weighted by atomic mass is 32.1. The molecule has 0 radical (unpaired) electrons. The van der Waals surface area contributed by atoms with Gasteiger partial charge in [-0.05, 0) is 29.9 Å². The van der Waals surface area contributed by atoms with Gasteiger partial charge in [0.2, 0.25) is 5.91 Å². The molecule has 1 aromatic rings. The fraction of sp³-hybridized carbons (Fsp3) is 0.615. The summed E-state index contributed by atoms with van der Waals surface area (Å²) in [6.07, 6.45) is 2.81. The third-order valence-electron chi connectivity index (χ3n) is 4.04. The molecule has 98 valence electrons. The van der Waals surface area contributed by atoms with Gasteiger partial charge in [-0.1, -0.05) is 0 Å². The first kappa shape index (κ1) is 12.1. The lowest BCUT2D eigenvalue weighted by molar-refractivity contribution is -0.139. The van der Waals surface area contributed by atoms with E-state index >= 15 is 0 Å². The quantitative estimate of drug-likeness (QED) is 0.828. The summed E-state index contributed by atoms with van der Waals surface area (Å²) in [5.74, 6) is 0.0474. The molecule has 0 unspecified atom stereocenters. The van der Waals surface area contributed by atoms with Crippen molar-refractivity contribution < 1.29 is 9.53 Å². The maximum Gasteiger partial charge on any atom is 0.236 e. The predicted octanol–water partition coefficient (Wildman–Crippen LogP) is 1.10. The first-order valence-corrected chi connectivity index (χ1v) is 7.32. The molecule has 0 bridgehead atoms. The van der Waals surface area contributed by atoms with Crippen molar-refractivity contribution in [2.24, 2.45) is 5.73 Å². The van der Waals surface area contributed by atoms with Crippen LogP contribution in [-0.4, -0.2) is 37.0 Å². The summed E-state index contributed by atoms with van der Waals surface area (Å²) in [4.78, 5) is 14.9. The number of likely N-dealkylation sites (tertiary alicyclic amines) is 1. The average molecular weight is 266 g/mol. The molecule has 1 aromatic heterocycles. The third kappa shape index (κ3) is 1.86. The van der Waals surface area contributed by atoms with E-state index in [0.717, 1.165) is 39.0 Å². The smallest absolute Gasteiger partial charge is 0.236 e. The van der Waals surface area contributed by atoms with Gasteiger partial charge in [0.1, 0.15) is 0 Å². The Morgan fingerprint density at radius 1 is 1.50 bits per heavy atom. The van der Waals surface area contributed by atoms with E-state index in [9.17, 15) is 4.79 Å². The highest BCUT2D eigenvalue weighted by molar-refractivity contribution is 7.10. The van der Waals surface area contributed by atoms with Gasteiger partial charge in [-0.3, -0.25) is 4.79 Å². The Labute approximate surface area is 111 Å². The molecule has 0 atom stereocenters. The van der Waals surface area contributed by atoms with Gasteiger partial charge >= 0.3 is 0 Å². The number of ether oxygens (including phenoxy) is 1. The maximum absolute atomic E-state index is 11.6. The minimum atomic E-state index is -0.140. The number of nitrogens with zero attached hydrogens (tertiary/aromatic N) is 1. The van der Waals surface area contributed by atoms with Crippen LogP contribution in [0.3, 0.4) is 0 Å². The SMILES string of the molecule is NCC(=O)N1CCC2(CC1)OCCc1sccc12. The number of nitrogens with two attached hydrogens (primary N) is 1. The molecule has 5 heteroatoms. The van der Waals surface area contributed by atoms with Gasteiger partial charge in [-0.2, -0.15) is 0 Å². The van der Waals surface area contributed by atoms with Crippen molar-refractivity contribution in [1.29, 1.82) is 0 Å². The zero-order valence-corrected chi connectivity index (χ0v) is 11.2. The molecule has 2 aliphatic rings. The summed E-state index contributed by atoms with van der Waals surface area (Å²) in [6.45, 7) is 2.42. The number of amides is 1. The van der Waals surface area contributed by atoms with Gasteiger partial charge in [-0.15, -0.1) is 11.3 Å². The molecular weight excluding hydrogens is 248 g/mol. The molecule has 0 aliphatic carbocycles. The minimum absolute atomic E-state index is 0.0474. The topological polar surface area (TPSA) is 55.6 Å². The van der Waals surface area contributed by atoms with Crippen LogP contribution in [0.25, 0.3) is 0 Å². The van der Waals surface area contributed by atoms with Crippen LogP contribution in [0.1, 0.15) is 23.3 Å². The van der Waals surface area contributed by atoms with Crippen LogP contribution < -0.4 is 5.73 Å². The fourth-order valence-corrected chi connectivity index (χ4v) is 3.97. The molecule has 2 aliphatic heterocycles. The van der Waals surface area contributed by atoms with Gasteiger partial charge in [0.25, 0.3) is 0 Å². The predicted molar refractivity (Wildman–Crippen MR) is 70.5 cm³/mol. The molecule has 3 heterocycles. The van der Waals surface area contributed by atoms with Crippen molar-refractivity contribution in [3.05, 3.63) is 21.9 Å².